The molecule has 28 heavy (non-hydrogen) atoms. The molecule has 0 bridgehead atoms. The summed E-state index contributed by atoms with van der Waals surface area (Å²) in [5.41, 5.74) is 2.30. The quantitative estimate of drug-likeness (QED) is 0.829. The molecular weight excluding hydrogens is 354 g/mol. The molecule has 2 amide bonds. The molecule has 150 valence electrons. The fraction of sp³-hybridized carbons (Fsp3) is 0.429. The number of anilines is 1. The van der Waals surface area contributed by atoms with Gasteiger partial charge in [0.1, 0.15) is 5.75 Å². The summed E-state index contributed by atoms with van der Waals surface area (Å²) < 4.78 is 5.23. The van der Waals surface area contributed by atoms with Gasteiger partial charge in [0.05, 0.1) is 13.2 Å². The first-order valence-electron chi connectivity index (χ1n) is 9.56. The third-order valence-electron chi connectivity index (χ3n) is 5.17. The minimum atomic E-state index is -0.00487. The number of hydrogen-bond donors (Lipinski definition) is 1. The molecular formula is C21H29N5O2. The van der Waals surface area contributed by atoms with E-state index in [4.69, 9.17) is 4.74 Å². The fourth-order valence-electron chi connectivity index (χ4n) is 3.44. The number of carbonyl (C=O) groups is 1. The lowest BCUT2D eigenvalue weighted by Crippen LogP contribution is -2.52. The predicted octanol–water partition coefficient (Wildman–Crippen LogP) is 2.22. The number of ether oxygens (including phenoxy) is 1. The molecule has 1 N–H and O–H groups in total. The maximum absolute atomic E-state index is 12.6. The number of methoxy groups -OCH3 is 1. The molecule has 0 radical (unpaired) electrons. The van der Waals surface area contributed by atoms with E-state index in [1.165, 1.54) is 0 Å². The standard InChI is InChI=1S/C21H29N5O2/c1-24(2)20(17-4-6-19(28-3)7-5-17)16-23-21(27)26-14-12-25(13-15-26)18-8-10-22-11-9-18/h4-11,20H,12-16H2,1-3H3,(H,23,27). The van der Waals surface area contributed by atoms with Crippen LogP contribution < -0.4 is 15.0 Å². The van der Waals surface area contributed by atoms with E-state index in [0.29, 0.717) is 19.6 Å². The van der Waals surface area contributed by atoms with Crippen molar-refractivity contribution in [3.63, 3.8) is 0 Å². The Morgan fingerprint density at radius 2 is 1.75 bits per heavy atom. The van der Waals surface area contributed by atoms with Crippen LogP contribution in [0.25, 0.3) is 0 Å². The maximum atomic E-state index is 12.6. The predicted molar refractivity (Wildman–Crippen MR) is 111 cm³/mol. The van der Waals surface area contributed by atoms with Crippen LogP contribution in [0.15, 0.2) is 48.8 Å². The monoisotopic (exact) mass is 383 g/mol. The third kappa shape index (κ3) is 4.92. The van der Waals surface area contributed by atoms with E-state index in [-0.39, 0.29) is 12.1 Å². The van der Waals surface area contributed by atoms with Crippen LogP contribution in [-0.2, 0) is 0 Å². The largest absolute Gasteiger partial charge is 0.497 e. The van der Waals surface area contributed by atoms with E-state index < -0.39 is 0 Å². The summed E-state index contributed by atoms with van der Waals surface area (Å²) in [5, 5.41) is 3.10. The van der Waals surface area contributed by atoms with Gasteiger partial charge in [-0.25, -0.2) is 4.79 Å². The van der Waals surface area contributed by atoms with E-state index in [9.17, 15) is 4.79 Å². The van der Waals surface area contributed by atoms with Crippen LogP contribution >= 0.6 is 0 Å². The van der Waals surface area contributed by atoms with E-state index in [1.807, 2.05) is 55.4 Å². The second-order valence-electron chi connectivity index (χ2n) is 7.12. The number of likely N-dealkylation sites (N-methyl/N-ethyl adjacent to an activating group) is 1. The average Bonchev–Trinajstić information content (AvgIpc) is 2.74. The molecule has 1 fully saturated rings. The van der Waals surface area contributed by atoms with Gasteiger partial charge in [-0.3, -0.25) is 4.98 Å². The zero-order chi connectivity index (χ0) is 19.9. The summed E-state index contributed by atoms with van der Waals surface area (Å²) in [4.78, 5) is 23.0. The van der Waals surface area contributed by atoms with Crippen LogP contribution in [0.2, 0.25) is 0 Å². The summed E-state index contributed by atoms with van der Waals surface area (Å²) in [6.45, 7) is 3.63. The second-order valence-corrected chi connectivity index (χ2v) is 7.12. The first kappa shape index (κ1) is 19.9. The van der Waals surface area contributed by atoms with Crippen LogP contribution in [0.3, 0.4) is 0 Å². The molecule has 7 heteroatoms. The van der Waals surface area contributed by atoms with Crippen molar-refractivity contribution in [1.29, 1.82) is 0 Å². The number of nitrogens with one attached hydrogen (secondary N) is 1. The van der Waals surface area contributed by atoms with Crippen LogP contribution in [0, 0.1) is 0 Å². The number of amides is 2. The van der Waals surface area contributed by atoms with Gasteiger partial charge >= 0.3 is 6.03 Å². The molecule has 1 aromatic carbocycles. The molecule has 1 aromatic heterocycles. The Bertz CT molecular complexity index is 743. The topological polar surface area (TPSA) is 60.9 Å². The smallest absolute Gasteiger partial charge is 0.317 e. The first-order chi connectivity index (χ1) is 13.6. The molecule has 1 aliphatic heterocycles. The lowest BCUT2D eigenvalue weighted by molar-refractivity contribution is 0.189. The highest BCUT2D eigenvalue weighted by atomic mass is 16.5. The number of carbonyl (C=O) groups excluding carboxylic acids is 1. The molecule has 2 aromatic rings. The Balaban J connectivity index is 1.52. The van der Waals surface area contributed by atoms with Crippen molar-refractivity contribution in [2.75, 3.05) is 58.8 Å². The molecule has 2 heterocycles. The van der Waals surface area contributed by atoms with Crippen molar-refractivity contribution in [3.05, 3.63) is 54.4 Å². The van der Waals surface area contributed by atoms with Gasteiger partial charge in [-0.05, 0) is 43.9 Å². The lowest BCUT2D eigenvalue weighted by atomic mass is 10.1. The minimum Gasteiger partial charge on any atom is -0.497 e. The molecule has 1 aliphatic rings. The molecule has 0 saturated carbocycles. The van der Waals surface area contributed by atoms with Gasteiger partial charge in [-0.2, -0.15) is 0 Å². The fourth-order valence-corrected chi connectivity index (χ4v) is 3.44. The molecule has 3 rings (SSSR count). The molecule has 1 unspecified atom stereocenters. The van der Waals surface area contributed by atoms with Gasteiger partial charge in [0, 0.05) is 50.8 Å². The number of piperazine rings is 1. The Morgan fingerprint density at radius 1 is 1.11 bits per heavy atom. The summed E-state index contributed by atoms with van der Waals surface area (Å²) in [6, 6.07) is 12.1. The van der Waals surface area contributed by atoms with Gasteiger partial charge in [0.25, 0.3) is 0 Å². The van der Waals surface area contributed by atoms with Crippen molar-refractivity contribution in [1.82, 2.24) is 20.1 Å². The van der Waals surface area contributed by atoms with Crippen molar-refractivity contribution in [3.8, 4) is 5.75 Å². The second kappa shape index (κ2) is 9.41. The highest BCUT2D eigenvalue weighted by Gasteiger charge is 2.22. The minimum absolute atomic E-state index is 0.00487. The van der Waals surface area contributed by atoms with Gasteiger partial charge in [0.2, 0.25) is 0 Å². The number of pyridine rings is 1. The lowest BCUT2D eigenvalue weighted by Gasteiger charge is -2.36. The Morgan fingerprint density at radius 3 is 2.32 bits per heavy atom. The molecule has 0 spiro atoms. The molecule has 1 saturated heterocycles. The van der Waals surface area contributed by atoms with E-state index >= 15 is 0 Å². The maximum Gasteiger partial charge on any atom is 0.317 e. The van der Waals surface area contributed by atoms with Crippen molar-refractivity contribution < 1.29 is 9.53 Å². The van der Waals surface area contributed by atoms with E-state index in [0.717, 1.165) is 30.1 Å². The zero-order valence-electron chi connectivity index (χ0n) is 16.8. The Labute approximate surface area is 166 Å². The van der Waals surface area contributed by atoms with E-state index in [2.05, 4.69) is 20.1 Å². The van der Waals surface area contributed by atoms with Crippen LogP contribution in [-0.4, -0.2) is 74.7 Å². The van der Waals surface area contributed by atoms with Gasteiger partial charge in [-0.15, -0.1) is 0 Å². The third-order valence-corrected chi connectivity index (χ3v) is 5.17. The highest BCUT2D eigenvalue weighted by molar-refractivity contribution is 5.74. The number of hydrogen-bond acceptors (Lipinski definition) is 5. The number of benzene rings is 1. The van der Waals surface area contributed by atoms with Gasteiger partial charge in [-0.1, -0.05) is 12.1 Å². The summed E-state index contributed by atoms with van der Waals surface area (Å²) in [5.74, 6) is 0.831. The van der Waals surface area contributed by atoms with Gasteiger partial charge < -0.3 is 24.8 Å². The average molecular weight is 383 g/mol. The normalized spacial score (nSPS) is 15.4. The SMILES string of the molecule is COc1ccc(C(CNC(=O)N2CCN(c3ccncc3)CC2)N(C)C)cc1. The van der Waals surface area contributed by atoms with E-state index in [1.54, 1.807) is 19.5 Å². The van der Waals surface area contributed by atoms with Crippen molar-refractivity contribution in [2.45, 2.75) is 6.04 Å². The number of urea groups is 1. The van der Waals surface area contributed by atoms with Crippen molar-refractivity contribution >= 4 is 11.7 Å². The number of nitrogens with zero attached hydrogens (tertiary/aromatic N) is 4. The zero-order valence-corrected chi connectivity index (χ0v) is 16.8. The number of aromatic nitrogens is 1. The highest BCUT2D eigenvalue weighted by Crippen LogP contribution is 2.21. The molecule has 1 atom stereocenters. The summed E-state index contributed by atoms with van der Waals surface area (Å²) >= 11 is 0. The summed E-state index contributed by atoms with van der Waals surface area (Å²) in [6.07, 6.45) is 3.60. The first-order valence-corrected chi connectivity index (χ1v) is 9.56. The van der Waals surface area contributed by atoms with Crippen LogP contribution in [0.4, 0.5) is 10.5 Å². The Hall–Kier alpha value is -2.80. The molecule has 0 aliphatic carbocycles. The van der Waals surface area contributed by atoms with Gasteiger partial charge in [0.15, 0.2) is 0 Å². The summed E-state index contributed by atoms with van der Waals surface area (Å²) in [7, 11) is 5.70. The van der Waals surface area contributed by atoms with Crippen molar-refractivity contribution in [2.24, 2.45) is 0 Å². The Kier molecular flexibility index (Phi) is 6.71. The number of rotatable bonds is 6. The molecule has 7 nitrogen and oxygen atoms in total. The van der Waals surface area contributed by atoms with Crippen LogP contribution in [0.5, 0.6) is 5.75 Å². The van der Waals surface area contributed by atoms with Crippen LogP contribution in [0.1, 0.15) is 11.6 Å².